The van der Waals surface area contributed by atoms with Crippen molar-refractivity contribution in [3.05, 3.63) is 36.8 Å². The monoisotopic (exact) mass is 421 g/mol. The minimum absolute atomic E-state index is 0. The SMILES string of the molecule is C=CCNC(=NCCCCOCC)NCCc1ccco1.I. The van der Waals surface area contributed by atoms with Gasteiger partial charge in [-0.05, 0) is 31.9 Å². The number of aliphatic imine (C=N–C) groups is 1. The van der Waals surface area contributed by atoms with Crippen molar-refractivity contribution in [1.29, 1.82) is 0 Å². The van der Waals surface area contributed by atoms with Crippen LogP contribution in [0.25, 0.3) is 0 Å². The Labute approximate surface area is 150 Å². The Bertz CT molecular complexity index is 394. The minimum atomic E-state index is 0. The number of nitrogens with zero attached hydrogens (tertiary/aromatic N) is 1. The zero-order valence-electron chi connectivity index (χ0n) is 13.3. The molecule has 22 heavy (non-hydrogen) atoms. The van der Waals surface area contributed by atoms with Crippen LogP contribution in [-0.4, -0.2) is 38.8 Å². The van der Waals surface area contributed by atoms with Crippen molar-refractivity contribution in [2.45, 2.75) is 26.2 Å². The van der Waals surface area contributed by atoms with Crippen LogP contribution >= 0.6 is 24.0 Å². The van der Waals surface area contributed by atoms with E-state index in [0.29, 0.717) is 6.54 Å². The van der Waals surface area contributed by atoms with Gasteiger partial charge in [0, 0.05) is 39.3 Å². The quantitative estimate of drug-likeness (QED) is 0.190. The maximum atomic E-state index is 5.31. The number of nitrogens with one attached hydrogen (secondary N) is 2. The van der Waals surface area contributed by atoms with Gasteiger partial charge in [-0.3, -0.25) is 4.99 Å². The van der Waals surface area contributed by atoms with Gasteiger partial charge in [-0.2, -0.15) is 0 Å². The highest BCUT2D eigenvalue weighted by atomic mass is 127. The predicted molar refractivity (Wildman–Crippen MR) is 102 cm³/mol. The Balaban J connectivity index is 0.00000441. The second kappa shape index (κ2) is 14.9. The zero-order valence-corrected chi connectivity index (χ0v) is 15.7. The lowest BCUT2D eigenvalue weighted by molar-refractivity contribution is 0.144. The first-order valence-corrected chi connectivity index (χ1v) is 7.60. The summed E-state index contributed by atoms with van der Waals surface area (Å²) in [5.41, 5.74) is 0. The van der Waals surface area contributed by atoms with Crippen LogP contribution in [0.3, 0.4) is 0 Å². The van der Waals surface area contributed by atoms with Gasteiger partial charge in [0.15, 0.2) is 5.96 Å². The molecule has 0 radical (unpaired) electrons. The van der Waals surface area contributed by atoms with E-state index in [-0.39, 0.29) is 24.0 Å². The van der Waals surface area contributed by atoms with E-state index in [1.807, 2.05) is 25.1 Å². The van der Waals surface area contributed by atoms with Gasteiger partial charge in [0.1, 0.15) is 5.76 Å². The van der Waals surface area contributed by atoms with Crippen LogP contribution in [-0.2, 0) is 11.2 Å². The molecular weight excluding hydrogens is 393 g/mol. The average molecular weight is 421 g/mol. The molecular formula is C16H28IN3O2. The van der Waals surface area contributed by atoms with Crippen molar-refractivity contribution in [3.8, 4) is 0 Å². The molecule has 0 aliphatic rings. The van der Waals surface area contributed by atoms with Gasteiger partial charge in [0.25, 0.3) is 0 Å². The number of unbranched alkanes of at least 4 members (excludes halogenated alkanes) is 1. The summed E-state index contributed by atoms with van der Waals surface area (Å²) in [4.78, 5) is 4.54. The molecule has 5 nitrogen and oxygen atoms in total. The first-order valence-electron chi connectivity index (χ1n) is 7.60. The van der Waals surface area contributed by atoms with Gasteiger partial charge in [-0.1, -0.05) is 6.08 Å². The average Bonchev–Trinajstić information content (AvgIpc) is 3.01. The number of hydrogen-bond donors (Lipinski definition) is 2. The molecule has 0 spiro atoms. The van der Waals surface area contributed by atoms with Crippen LogP contribution in [0.4, 0.5) is 0 Å². The van der Waals surface area contributed by atoms with E-state index in [9.17, 15) is 0 Å². The molecule has 0 aliphatic carbocycles. The highest BCUT2D eigenvalue weighted by molar-refractivity contribution is 14.0. The Morgan fingerprint density at radius 3 is 2.95 bits per heavy atom. The molecule has 1 rings (SSSR count). The fourth-order valence-electron chi connectivity index (χ4n) is 1.75. The first-order chi connectivity index (χ1) is 10.4. The topological polar surface area (TPSA) is 58.8 Å². The molecule has 1 aromatic heterocycles. The van der Waals surface area contributed by atoms with E-state index < -0.39 is 0 Å². The third-order valence-electron chi connectivity index (χ3n) is 2.83. The number of hydrogen-bond acceptors (Lipinski definition) is 3. The smallest absolute Gasteiger partial charge is 0.191 e. The largest absolute Gasteiger partial charge is 0.469 e. The lowest BCUT2D eigenvalue weighted by Crippen LogP contribution is -2.38. The molecule has 0 unspecified atom stereocenters. The Morgan fingerprint density at radius 2 is 2.27 bits per heavy atom. The van der Waals surface area contributed by atoms with Crippen LogP contribution in [0.15, 0.2) is 40.5 Å². The summed E-state index contributed by atoms with van der Waals surface area (Å²) in [6.07, 6.45) is 6.42. The molecule has 0 saturated heterocycles. The summed E-state index contributed by atoms with van der Waals surface area (Å²) in [5, 5.41) is 6.51. The van der Waals surface area contributed by atoms with E-state index in [1.165, 1.54) is 0 Å². The highest BCUT2D eigenvalue weighted by Crippen LogP contribution is 1.99. The van der Waals surface area contributed by atoms with Crippen molar-refractivity contribution >= 4 is 29.9 Å². The van der Waals surface area contributed by atoms with E-state index in [2.05, 4.69) is 22.2 Å². The molecule has 126 valence electrons. The Kier molecular flexibility index (Phi) is 14.2. The maximum absolute atomic E-state index is 5.31. The first kappa shape index (κ1) is 21.0. The lowest BCUT2D eigenvalue weighted by atomic mass is 10.3. The summed E-state index contributed by atoms with van der Waals surface area (Å²) < 4.78 is 10.6. The van der Waals surface area contributed by atoms with Crippen molar-refractivity contribution in [3.63, 3.8) is 0 Å². The number of ether oxygens (including phenoxy) is 1. The molecule has 0 amide bonds. The van der Waals surface area contributed by atoms with E-state index in [4.69, 9.17) is 9.15 Å². The fraction of sp³-hybridized carbons (Fsp3) is 0.562. The number of halogens is 1. The fourth-order valence-corrected chi connectivity index (χ4v) is 1.75. The third kappa shape index (κ3) is 10.7. The van der Waals surface area contributed by atoms with Crippen molar-refractivity contribution in [2.24, 2.45) is 4.99 Å². The third-order valence-corrected chi connectivity index (χ3v) is 2.83. The summed E-state index contributed by atoms with van der Waals surface area (Å²) in [6, 6.07) is 3.88. The molecule has 0 atom stereocenters. The van der Waals surface area contributed by atoms with Crippen molar-refractivity contribution in [1.82, 2.24) is 10.6 Å². The second-order valence-electron chi connectivity index (χ2n) is 4.56. The maximum Gasteiger partial charge on any atom is 0.191 e. The van der Waals surface area contributed by atoms with Gasteiger partial charge in [-0.15, -0.1) is 30.6 Å². The summed E-state index contributed by atoms with van der Waals surface area (Å²) >= 11 is 0. The van der Waals surface area contributed by atoms with Gasteiger partial charge in [0.2, 0.25) is 0 Å². The molecule has 0 aromatic carbocycles. The van der Waals surface area contributed by atoms with Gasteiger partial charge in [0.05, 0.1) is 6.26 Å². The number of rotatable bonds is 11. The molecule has 1 heterocycles. The van der Waals surface area contributed by atoms with Crippen LogP contribution < -0.4 is 10.6 Å². The molecule has 1 aromatic rings. The van der Waals surface area contributed by atoms with Crippen LogP contribution in [0.5, 0.6) is 0 Å². The predicted octanol–water partition coefficient (Wildman–Crippen LogP) is 2.98. The van der Waals surface area contributed by atoms with Gasteiger partial charge < -0.3 is 19.8 Å². The Hall–Kier alpha value is -1.02. The zero-order chi connectivity index (χ0) is 15.2. The molecule has 6 heteroatoms. The van der Waals surface area contributed by atoms with E-state index >= 15 is 0 Å². The van der Waals surface area contributed by atoms with E-state index in [0.717, 1.165) is 57.3 Å². The van der Waals surface area contributed by atoms with Crippen LogP contribution in [0.2, 0.25) is 0 Å². The van der Waals surface area contributed by atoms with Crippen LogP contribution in [0.1, 0.15) is 25.5 Å². The Morgan fingerprint density at radius 1 is 1.41 bits per heavy atom. The van der Waals surface area contributed by atoms with Crippen molar-refractivity contribution in [2.75, 3.05) is 32.8 Å². The standard InChI is InChI=1S/C16H27N3O2.HI/c1-3-10-17-16(18-11-5-6-13-20-4-2)19-12-9-15-8-7-14-21-15;/h3,7-8,14H,1,4-6,9-13H2,2H3,(H2,17,18,19);1H. The molecule has 2 N–H and O–H groups in total. The number of furan rings is 1. The summed E-state index contributed by atoms with van der Waals surface area (Å²) in [5.74, 6) is 1.79. The molecule has 0 bridgehead atoms. The van der Waals surface area contributed by atoms with Gasteiger partial charge >= 0.3 is 0 Å². The van der Waals surface area contributed by atoms with Crippen LogP contribution in [0, 0.1) is 0 Å². The number of guanidine groups is 1. The van der Waals surface area contributed by atoms with E-state index in [1.54, 1.807) is 6.26 Å². The highest BCUT2D eigenvalue weighted by Gasteiger charge is 1.99. The molecule has 0 saturated carbocycles. The molecule has 0 fully saturated rings. The van der Waals surface area contributed by atoms with Crippen molar-refractivity contribution < 1.29 is 9.15 Å². The van der Waals surface area contributed by atoms with Gasteiger partial charge in [-0.25, -0.2) is 0 Å². The summed E-state index contributed by atoms with van der Waals surface area (Å²) in [6.45, 7) is 9.59. The normalized spacial score (nSPS) is 10.9. The lowest BCUT2D eigenvalue weighted by Gasteiger charge is -2.10. The minimum Gasteiger partial charge on any atom is -0.469 e. The second-order valence-corrected chi connectivity index (χ2v) is 4.56. The summed E-state index contributed by atoms with van der Waals surface area (Å²) in [7, 11) is 0. The molecule has 0 aliphatic heterocycles.